The summed E-state index contributed by atoms with van der Waals surface area (Å²) < 4.78 is 6.82. The monoisotopic (exact) mass is 347 g/mol. The van der Waals surface area contributed by atoms with Crippen molar-refractivity contribution in [2.45, 2.75) is 5.88 Å². The SMILES string of the molecule is ClCc1cccnc1Oc1ccc2ccccc2c1Br. The minimum absolute atomic E-state index is 0.369. The molecule has 0 radical (unpaired) electrons. The molecule has 2 aromatic carbocycles. The summed E-state index contributed by atoms with van der Waals surface area (Å²) in [5.74, 6) is 1.64. The molecule has 3 aromatic rings. The number of nitrogens with zero attached hydrogens (tertiary/aromatic N) is 1. The molecule has 0 N–H and O–H groups in total. The number of hydrogen-bond donors (Lipinski definition) is 0. The van der Waals surface area contributed by atoms with Crippen LogP contribution >= 0.6 is 27.5 Å². The van der Waals surface area contributed by atoms with Gasteiger partial charge >= 0.3 is 0 Å². The molecule has 1 heterocycles. The Balaban J connectivity index is 2.05. The standard InChI is InChI=1S/C16H11BrClNO/c17-15-13-6-2-1-4-11(13)7-8-14(15)20-16-12(10-18)5-3-9-19-16/h1-9H,10H2. The number of hydrogen-bond acceptors (Lipinski definition) is 2. The van der Waals surface area contributed by atoms with E-state index in [0.29, 0.717) is 11.8 Å². The number of fused-ring (bicyclic) bond motifs is 1. The number of alkyl halides is 1. The maximum Gasteiger partial charge on any atom is 0.223 e. The topological polar surface area (TPSA) is 22.1 Å². The van der Waals surface area contributed by atoms with Crippen molar-refractivity contribution in [3.05, 3.63) is 64.8 Å². The van der Waals surface area contributed by atoms with Gasteiger partial charge in [0.25, 0.3) is 0 Å². The van der Waals surface area contributed by atoms with Crippen LogP contribution in [0.1, 0.15) is 5.56 Å². The second-order valence-electron chi connectivity index (χ2n) is 4.30. The highest BCUT2D eigenvalue weighted by molar-refractivity contribution is 9.10. The van der Waals surface area contributed by atoms with Gasteiger partial charge in [-0.1, -0.05) is 36.4 Å². The molecule has 1 aromatic heterocycles. The summed E-state index contributed by atoms with van der Waals surface area (Å²) >= 11 is 9.50. The first-order valence-corrected chi connectivity index (χ1v) is 7.47. The number of ether oxygens (including phenoxy) is 1. The quantitative estimate of drug-likeness (QED) is 0.581. The van der Waals surface area contributed by atoms with Crippen LogP contribution in [0.3, 0.4) is 0 Å². The van der Waals surface area contributed by atoms with Crippen molar-refractivity contribution in [3.8, 4) is 11.6 Å². The molecule has 0 amide bonds. The largest absolute Gasteiger partial charge is 0.437 e. The Morgan fingerprint density at radius 1 is 1.05 bits per heavy atom. The molecule has 3 rings (SSSR count). The number of aromatic nitrogens is 1. The van der Waals surface area contributed by atoms with Crippen LogP contribution in [0, 0.1) is 0 Å². The Labute approximate surface area is 130 Å². The zero-order valence-corrected chi connectivity index (χ0v) is 12.9. The van der Waals surface area contributed by atoms with Gasteiger partial charge in [-0.2, -0.15) is 0 Å². The third-order valence-electron chi connectivity index (χ3n) is 3.03. The van der Waals surface area contributed by atoms with E-state index in [1.165, 1.54) is 0 Å². The predicted octanol–water partition coefficient (Wildman–Crippen LogP) is 5.53. The first-order chi connectivity index (χ1) is 9.79. The van der Waals surface area contributed by atoms with E-state index in [1.807, 2.05) is 42.5 Å². The van der Waals surface area contributed by atoms with Crippen LogP contribution in [0.5, 0.6) is 11.6 Å². The fourth-order valence-corrected chi connectivity index (χ4v) is 2.79. The summed E-state index contributed by atoms with van der Waals surface area (Å²) in [6.07, 6.45) is 1.69. The van der Waals surface area contributed by atoms with Gasteiger partial charge in [0.1, 0.15) is 5.75 Å². The molecule has 2 nitrogen and oxygen atoms in total. The molecule has 0 saturated carbocycles. The maximum absolute atomic E-state index is 5.90. The van der Waals surface area contributed by atoms with Gasteiger partial charge in [-0.05, 0) is 38.8 Å². The Hall–Kier alpha value is -1.58. The van der Waals surface area contributed by atoms with Crippen molar-refractivity contribution in [2.75, 3.05) is 0 Å². The second-order valence-corrected chi connectivity index (χ2v) is 5.36. The summed E-state index contributed by atoms with van der Waals surface area (Å²) in [6.45, 7) is 0. The molecule has 0 saturated heterocycles. The molecular weight excluding hydrogens is 338 g/mol. The molecule has 0 unspecified atom stereocenters. The average molecular weight is 349 g/mol. The second kappa shape index (κ2) is 5.81. The van der Waals surface area contributed by atoms with Gasteiger partial charge in [0.15, 0.2) is 0 Å². The molecule has 0 aliphatic rings. The van der Waals surface area contributed by atoms with Gasteiger partial charge in [0.05, 0.1) is 10.4 Å². The summed E-state index contributed by atoms with van der Waals surface area (Å²) in [5.41, 5.74) is 0.870. The molecule has 0 atom stereocenters. The number of rotatable bonds is 3. The van der Waals surface area contributed by atoms with E-state index in [2.05, 4.69) is 27.0 Å². The lowest BCUT2D eigenvalue weighted by molar-refractivity contribution is 0.456. The molecule has 0 fully saturated rings. The fraction of sp³-hybridized carbons (Fsp3) is 0.0625. The Bertz CT molecular complexity index is 760. The van der Waals surface area contributed by atoms with Crippen molar-refractivity contribution in [1.82, 2.24) is 4.98 Å². The minimum atomic E-state index is 0.369. The van der Waals surface area contributed by atoms with Gasteiger partial charge in [-0.3, -0.25) is 0 Å². The van der Waals surface area contributed by atoms with E-state index in [1.54, 1.807) is 6.20 Å². The van der Waals surface area contributed by atoms with E-state index in [0.717, 1.165) is 26.6 Å². The highest BCUT2D eigenvalue weighted by Gasteiger charge is 2.10. The van der Waals surface area contributed by atoms with Crippen LogP contribution in [0.4, 0.5) is 0 Å². The van der Waals surface area contributed by atoms with Crippen molar-refractivity contribution in [2.24, 2.45) is 0 Å². The molecule has 4 heteroatoms. The van der Waals surface area contributed by atoms with Crippen molar-refractivity contribution in [3.63, 3.8) is 0 Å². The first kappa shape index (κ1) is 13.4. The van der Waals surface area contributed by atoms with Crippen LogP contribution in [0.25, 0.3) is 10.8 Å². The van der Waals surface area contributed by atoms with Gasteiger partial charge in [0, 0.05) is 11.8 Å². The van der Waals surface area contributed by atoms with Crippen LogP contribution in [-0.4, -0.2) is 4.98 Å². The Morgan fingerprint density at radius 3 is 2.75 bits per heavy atom. The van der Waals surface area contributed by atoms with E-state index in [9.17, 15) is 0 Å². The third-order valence-corrected chi connectivity index (χ3v) is 4.13. The first-order valence-electron chi connectivity index (χ1n) is 6.14. The highest BCUT2D eigenvalue weighted by atomic mass is 79.9. The van der Waals surface area contributed by atoms with Gasteiger partial charge in [0.2, 0.25) is 5.88 Å². The number of halogens is 2. The van der Waals surface area contributed by atoms with Crippen LogP contribution in [-0.2, 0) is 5.88 Å². The van der Waals surface area contributed by atoms with E-state index in [4.69, 9.17) is 16.3 Å². The normalized spacial score (nSPS) is 10.7. The minimum Gasteiger partial charge on any atom is -0.437 e. The lowest BCUT2D eigenvalue weighted by Gasteiger charge is -2.11. The molecule has 0 spiro atoms. The van der Waals surface area contributed by atoms with E-state index in [-0.39, 0.29) is 0 Å². The Kier molecular flexibility index (Phi) is 3.90. The summed E-state index contributed by atoms with van der Waals surface area (Å²) in [4.78, 5) is 4.24. The molecule has 0 aliphatic carbocycles. The smallest absolute Gasteiger partial charge is 0.223 e. The highest BCUT2D eigenvalue weighted by Crippen LogP contribution is 2.36. The predicted molar refractivity (Wildman–Crippen MR) is 85.5 cm³/mol. The van der Waals surface area contributed by atoms with Crippen molar-refractivity contribution >= 4 is 38.3 Å². The van der Waals surface area contributed by atoms with Gasteiger partial charge in [-0.25, -0.2) is 4.98 Å². The lowest BCUT2D eigenvalue weighted by Crippen LogP contribution is -1.93. The summed E-state index contributed by atoms with van der Waals surface area (Å²) in [6, 6.07) is 15.8. The molecule has 0 bridgehead atoms. The zero-order valence-electron chi connectivity index (χ0n) is 10.5. The van der Waals surface area contributed by atoms with E-state index >= 15 is 0 Å². The Morgan fingerprint density at radius 2 is 1.90 bits per heavy atom. The fourth-order valence-electron chi connectivity index (χ4n) is 2.01. The maximum atomic E-state index is 5.90. The van der Waals surface area contributed by atoms with Crippen molar-refractivity contribution in [1.29, 1.82) is 0 Å². The molecular formula is C16H11BrClNO. The number of pyridine rings is 1. The van der Waals surface area contributed by atoms with E-state index < -0.39 is 0 Å². The third kappa shape index (κ3) is 2.51. The van der Waals surface area contributed by atoms with Gasteiger partial charge in [-0.15, -0.1) is 11.6 Å². The van der Waals surface area contributed by atoms with Gasteiger partial charge < -0.3 is 4.74 Å². The lowest BCUT2D eigenvalue weighted by atomic mass is 10.1. The zero-order chi connectivity index (χ0) is 13.9. The summed E-state index contributed by atoms with van der Waals surface area (Å²) in [7, 11) is 0. The van der Waals surface area contributed by atoms with Crippen LogP contribution in [0.15, 0.2) is 59.2 Å². The van der Waals surface area contributed by atoms with Crippen LogP contribution in [0.2, 0.25) is 0 Å². The molecule has 0 aliphatic heterocycles. The molecule has 20 heavy (non-hydrogen) atoms. The average Bonchev–Trinajstić information content (AvgIpc) is 2.51. The number of benzene rings is 2. The summed E-state index contributed by atoms with van der Waals surface area (Å²) in [5, 5.41) is 2.26. The molecule has 100 valence electrons. The van der Waals surface area contributed by atoms with Crippen LogP contribution < -0.4 is 4.74 Å². The van der Waals surface area contributed by atoms with Crippen molar-refractivity contribution < 1.29 is 4.74 Å².